The molecule has 2 atom stereocenters. The Morgan fingerprint density at radius 2 is 2.12 bits per heavy atom. The minimum atomic E-state index is 0.285. The van der Waals surface area contributed by atoms with E-state index in [9.17, 15) is 4.79 Å². The van der Waals surface area contributed by atoms with Gasteiger partial charge in [0.15, 0.2) is 0 Å². The number of hydrogen-bond acceptors (Lipinski definition) is 1. The van der Waals surface area contributed by atoms with Crippen molar-refractivity contribution in [1.82, 2.24) is 4.90 Å². The van der Waals surface area contributed by atoms with Gasteiger partial charge in [0.25, 0.3) is 0 Å². The summed E-state index contributed by atoms with van der Waals surface area (Å²) >= 11 is 3.52. The number of likely N-dealkylation sites (tertiary alicyclic amines) is 1. The first-order chi connectivity index (χ1) is 8.16. The highest BCUT2D eigenvalue weighted by Gasteiger charge is 2.30. The van der Waals surface area contributed by atoms with Gasteiger partial charge in [-0.3, -0.25) is 4.79 Å². The molecule has 2 rings (SSSR count). The number of aryl methyl sites for hydroxylation is 1. The molecule has 0 spiro atoms. The largest absolute Gasteiger partial charge is 0.339 e. The molecule has 0 N–H and O–H groups in total. The molecular weight excluding hydrogens is 278 g/mol. The summed E-state index contributed by atoms with van der Waals surface area (Å²) in [4.78, 5) is 14.1. The molecule has 0 bridgehead atoms. The van der Waals surface area contributed by atoms with Gasteiger partial charge in [-0.05, 0) is 25.3 Å². The van der Waals surface area contributed by atoms with E-state index in [0.717, 1.165) is 19.4 Å². The van der Waals surface area contributed by atoms with Crippen LogP contribution in [0.4, 0.5) is 0 Å². The van der Waals surface area contributed by atoms with Gasteiger partial charge < -0.3 is 4.90 Å². The van der Waals surface area contributed by atoms with Crippen LogP contribution >= 0.6 is 15.9 Å². The van der Waals surface area contributed by atoms with E-state index in [1.165, 1.54) is 5.56 Å². The zero-order chi connectivity index (χ0) is 12.3. The van der Waals surface area contributed by atoms with Crippen molar-refractivity contribution in [2.45, 2.75) is 37.1 Å². The van der Waals surface area contributed by atoms with Crippen molar-refractivity contribution >= 4 is 21.8 Å². The number of carbonyl (C=O) groups excluding carboxylic acids is 1. The lowest BCUT2D eigenvalue weighted by Crippen LogP contribution is -2.34. The highest BCUT2D eigenvalue weighted by Crippen LogP contribution is 2.22. The summed E-state index contributed by atoms with van der Waals surface area (Å²) in [6.07, 6.45) is 2.73. The van der Waals surface area contributed by atoms with Gasteiger partial charge in [0.05, 0.1) is 0 Å². The summed E-state index contributed by atoms with van der Waals surface area (Å²) in [6.45, 7) is 3.00. The summed E-state index contributed by atoms with van der Waals surface area (Å²) in [6, 6.07) is 10.8. The molecule has 1 aliphatic heterocycles. The van der Waals surface area contributed by atoms with E-state index in [-0.39, 0.29) is 5.91 Å². The van der Waals surface area contributed by atoms with Crippen LogP contribution in [-0.4, -0.2) is 28.2 Å². The monoisotopic (exact) mass is 295 g/mol. The van der Waals surface area contributed by atoms with E-state index in [1.807, 2.05) is 11.0 Å². The minimum absolute atomic E-state index is 0.285. The third-order valence-corrected chi connectivity index (χ3v) is 3.95. The number of nitrogens with zero attached hydrogens (tertiary/aromatic N) is 1. The highest BCUT2D eigenvalue weighted by molar-refractivity contribution is 9.09. The number of rotatable bonds is 4. The number of halogens is 1. The normalized spacial score (nSPS) is 21.9. The smallest absolute Gasteiger partial charge is 0.224 e. The molecule has 0 aromatic heterocycles. The Morgan fingerprint density at radius 1 is 1.41 bits per heavy atom. The molecular formula is C14H18BrNO. The molecule has 1 aliphatic rings. The fourth-order valence-corrected chi connectivity index (χ4v) is 2.88. The van der Waals surface area contributed by atoms with E-state index in [4.69, 9.17) is 0 Å². The molecule has 17 heavy (non-hydrogen) atoms. The van der Waals surface area contributed by atoms with Crippen molar-refractivity contribution in [3.8, 4) is 0 Å². The van der Waals surface area contributed by atoms with Crippen LogP contribution in [0, 0.1) is 0 Å². The number of amides is 1. The van der Waals surface area contributed by atoms with Gasteiger partial charge in [-0.25, -0.2) is 0 Å². The fraction of sp³-hybridized carbons (Fsp3) is 0.500. The second-order valence-corrected chi connectivity index (χ2v) is 6.02. The average Bonchev–Trinajstić information content (AvgIpc) is 2.67. The second-order valence-electron chi connectivity index (χ2n) is 4.72. The van der Waals surface area contributed by atoms with E-state index in [1.54, 1.807) is 0 Å². The molecule has 1 heterocycles. The maximum atomic E-state index is 11.7. The van der Waals surface area contributed by atoms with E-state index in [2.05, 4.69) is 47.1 Å². The number of benzene rings is 1. The van der Waals surface area contributed by atoms with Gasteiger partial charge in [0.2, 0.25) is 5.91 Å². The number of hydrogen-bond donors (Lipinski definition) is 0. The van der Waals surface area contributed by atoms with Crippen molar-refractivity contribution < 1.29 is 4.79 Å². The van der Waals surface area contributed by atoms with Gasteiger partial charge in [0, 0.05) is 23.8 Å². The van der Waals surface area contributed by atoms with Gasteiger partial charge in [-0.1, -0.05) is 46.3 Å². The SMILES string of the molecule is CC(CCc1ccccc1)N1CC(Br)CC1=O. The van der Waals surface area contributed by atoms with Crippen molar-refractivity contribution in [2.75, 3.05) is 6.54 Å². The molecule has 0 aliphatic carbocycles. The van der Waals surface area contributed by atoms with Gasteiger partial charge in [-0.2, -0.15) is 0 Å². The third kappa shape index (κ3) is 3.32. The van der Waals surface area contributed by atoms with Crippen molar-refractivity contribution in [3.05, 3.63) is 35.9 Å². The summed E-state index contributed by atoms with van der Waals surface area (Å²) in [5.41, 5.74) is 1.35. The van der Waals surface area contributed by atoms with E-state index < -0.39 is 0 Å². The average molecular weight is 296 g/mol. The quantitative estimate of drug-likeness (QED) is 0.782. The lowest BCUT2D eigenvalue weighted by Gasteiger charge is -2.24. The lowest BCUT2D eigenvalue weighted by atomic mass is 10.1. The molecule has 3 heteroatoms. The standard InChI is InChI=1S/C14H18BrNO/c1-11(16-10-13(15)9-14(16)17)7-8-12-5-3-2-4-6-12/h2-6,11,13H,7-10H2,1H3. The van der Waals surface area contributed by atoms with Gasteiger partial charge >= 0.3 is 0 Å². The minimum Gasteiger partial charge on any atom is -0.339 e. The molecule has 0 saturated carbocycles. The van der Waals surface area contributed by atoms with Gasteiger partial charge in [0.1, 0.15) is 0 Å². The Labute approximate surface area is 111 Å². The van der Waals surface area contributed by atoms with Crippen molar-refractivity contribution in [3.63, 3.8) is 0 Å². The zero-order valence-corrected chi connectivity index (χ0v) is 11.7. The summed E-state index contributed by atoms with van der Waals surface area (Å²) in [7, 11) is 0. The maximum Gasteiger partial charge on any atom is 0.224 e. The zero-order valence-electron chi connectivity index (χ0n) is 10.1. The molecule has 2 nitrogen and oxygen atoms in total. The molecule has 92 valence electrons. The Bertz CT molecular complexity index is 379. The van der Waals surface area contributed by atoms with Crippen LogP contribution in [0.3, 0.4) is 0 Å². The predicted octanol–water partition coefficient (Wildman–Crippen LogP) is 3.00. The van der Waals surface area contributed by atoms with Crippen LogP contribution in [-0.2, 0) is 11.2 Å². The first-order valence-corrected chi connectivity index (χ1v) is 7.06. The third-order valence-electron chi connectivity index (χ3n) is 3.34. The number of carbonyl (C=O) groups is 1. The van der Waals surface area contributed by atoms with Crippen LogP contribution in [0.2, 0.25) is 0 Å². The van der Waals surface area contributed by atoms with Crippen LogP contribution in [0.25, 0.3) is 0 Å². The lowest BCUT2D eigenvalue weighted by molar-refractivity contribution is -0.129. The summed E-state index contributed by atoms with van der Waals surface area (Å²) in [5, 5.41) is 0. The Morgan fingerprint density at radius 3 is 2.71 bits per heavy atom. The molecule has 1 aromatic rings. The molecule has 2 unspecified atom stereocenters. The molecule has 1 fully saturated rings. The fourth-order valence-electron chi connectivity index (χ4n) is 2.29. The Balaban J connectivity index is 1.85. The van der Waals surface area contributed by atoms with Crippen LogP contribution in [0.5, 0.6) is 0 Å². The summed E-state index contributed by atoms with van der Waals surface area (Å²) < 4.78 is 0. The first kappa shape index (κ1) is 12.6. The van der Waals surface area contributed by atoms with Gasteiger partial charge in [-0.15, -0.1) is 0 Å². The first-order valence-electron chi connectivity index (χ1n) is 6.14. The molecule has 1 aromatic carbocycles. The number of alkyl halides is 1. The van der Waals surface area contributed by atoms with Crippen LogP contribution < -0.4 is 0 Å². The Hall–Kier alpha value is -0.830. The molecule has 1 saturated heterocycles. The summed E-state index contributed by atoms with van der Waals surface area (Å²) in [5.74, 6) is 0.285. The highest BCUT2D eigenvalue weighted by atomic mass is 79.9. The maximum absolute atomic E-state index is 11.7. The second kappa shape index (κ2) is 5.67. The Kier molecular flexibility index (Phi) is 4.21. The van der Waals surface area contributed by atoms with Crippen molar-refractivity contribution in [2.24, 2.45) is 0 Å². The van der Waals surface area contributed by atoms with Crippen LogP contribution in [0.1, 0.15) is 25.3 Å². The van der Waals surface area contributed by atoms with E-state index >= 15 is 0 Å². The van der Waals surface area contributed by atoms with E-state index in [0.29, 0.717) is 17.3 Å². The van der Waals surface area contributed by atoms with Crippen molar-refractivity contribution in [1.29, 1.82) is 0 Å². The predicted molar refractivity (Wildman–Crippen MR) is 73.3 cm³/mol. The van der Waals surface area contributed by atoms with Crippen LogP contribution in [0.15, 0.2) is 30.3 Å². The topological polar surface area (TPSA) is 20.3 Å². The molecule has 0 radical (unpaired) electrons. The molecule has 1 amide bonds.